The molecule has 1 aliphatic rings. The number of nitrogens with zero attached hydrogens (tertiary/aromatic N) is 4. The van der Waals surface area contributed by atoms with Crippen LogP contribution in [0.4, 0.5) is 30.6 Å². The summed E-state index contributed by atoms with van der Waals surface area (Å²) in [6.45, 7) is 21.5. The van der Waals surface area contributed by atoms with Gasteiger partial charge in [0.25, 0.3) is 11.8 Å². The molecule has 3 aromatic rings. The van der Waals surface area contributed by atoms with E-state index in [1.54, 1.807) is 144 Å². The maximum Gasteiger partial charge on any atom is 0.437 e. The zero-order valence-corrected chi connectivity index (χ0v) is 40.7. The van der Waals surface area contributed by atoms with Crippen molar-refractivity contribution in [1.82, 2.24) is 20.9 Å². The van der Waals surface area contributed by atoms with E-state index >= 15 is 0 Å². The summed E-state index contributed by atoms with van der Waals surface area (Å²) >= 11 is 0. The zero-order chi connectivity index (χ0) is 49.9. The van der Waals surface area contributed by atoms with Crippen LogP contribution in [-0.2, 0) is 25.5 Å². The lowest BCUT2D eigenvalue weighted by Gasteiger charge is -2.30. The average molecular weight is 925 g/mol. The second-order valence-corrected chi connectivity index (χ2v) is 19.5. The summed E-state index contributed by atoms with van der Waals surface area (Å²) in [5.41, 5.74) is 1.49. The van der Waals surface area contributed by atoms with E-state index in [9.17, 15) is 28.8 Å². The van der Waals surface area contributed by atoms with Gasteiger partial charge in [-0.15, -0.1) is 4.99 Å². The molecule has 3 aromatic carbocycles. The van der Waals surface area contributed by atoms with Gasteiger partial charge in [-0.3, -0.25) is 25.5 Å². The van der Waals surface area contributed by atoms with Gasteiger partial charge in [-0.05, 0) is 155 Å². The molecular weight excluding hydrogens is 861 g/mol. The van der Waals surface area contributed by atoms with Crippen LogP contribution in [0.5, 0.6) is 0 Å². The first-order valence-corrected chi connectivity index (χ1v) is 21.7. The van der Waals surface area contributed by atoms with Gasteiger partial charge in [-0.2, -0.15) is 0 Å². The molecule has 4 rings (SSSR count). The molecule has 4 N–H and O–H groups in total. The van der Waals surface area contributed by atoms with E-state index in [0.29, 0.717) is 47.6 Å². The number of carbonyl (C=O) groups is 6. The Kier molecular flexibility index (Phi) is 17.1. The molecule has 0 radical (unpaired) electrons. The number of amides is 6. The standard InChI is InChI=1S/C49H64N8O10/c1-46(2,3)64-42(60)52-40(53-43(61)65-47(4,5)6)50-30-31-14-22-36(23-15-31)51-38(58)34-16-18-35(19-17-34)39(59)56(13)37-24-20-32(21-25-37)33-26-28-57(29-27-33)41(54-44(62)66-48(7,8)9)55-45(63)67-49(10,11)12/h14-26H,27-30H2,1-13H3,(H,51,58)(H,54,55,62,63)(H2,50,52,53,60,61). The highest BCUT2D eigenvalue weighted by molar-refractivity contribution is 6.08. The fourth-order valence-electron chi connectivity index (χ4n) is 6.02. The zero-order valence-electron chi connectivity index (χ0n) is 40.7. The van der Waals surface area contributed by atoms with Crippen molar-refractivity contribution in [2.45, 2.75) is 118 Å². The van der Waals surface area contributed by atoms with Crippen molar-refractivity contribution >= 4 is 65.1 Å². The van der Waals surface area contributed by atoms with Gasteiger partial charge in [0, 0.05) is 42.6 Å². The molecule has 0 unspecified atom stereocenters. The predicted molar refractivity (Wildman–Crippen MR) is 257 cm³/mol. The van der Waals surface area contributed by atoms with Gasteiger partial charge in [0.05, 0.1) is 6.54 Å². The van der Waals surface area contributed by atoms with Crippen LogP contribution < -0.4 is 26.2 Å². The highest BCUT2D eigenvalue weighted by Crippen LogP contribution is 2.26. The van der Waals surface area contributed by atoms with Crippen molar-refractivity contribution < 1.29 is 47.7 Å². The third-order valence-electron chi connectivity index (χ3n) is 8.91. The van der Waals surface area contributed by atoms with Gasteiger partial charge < -0.3 is 34.1 Å². The van der Waals surface area contributed by atoms with E-state index in [4.69, 9.17) is 18.9 Å². The van der Waals surface area contributed by atoms with Crippen LogP contribution in [0.25, 0.3) is 5.57 Å². The number of carbonyl (C=O) groups excluding carboxylic acids is 6. The Morgan fingerprint density at radius 3 is 1.60 bits per heavy atom. The van der Waals surface area contributed by atoms with Crippen LogP contribution in [0.3, 0.4) is 0 Å². The second kappa shape index (κ2) is 21.8. The van der Waals surface area contributed by atoms with E-state index < -0.39 is 46.8 Å². The Labute approximate surface area is 392 Å². The minimum atomic E-state index is -0.839. The first-order valence-electron chi connectivity index (χ1n) is 21.7. The Hall–Kier alpha value is -7.24. The summed E-state index contributed by atoms with van der Waals surface area (Å²) in [6, 6.07) is 20.7. The van der Waals surface area contributed by atoms with Crippen molar-refractivity contribution in [3.05, 3.63) is 101 Å². The Morgan fingerprint density at radius 2 is 1.12 bits per heavy atom. The average Bonchev–Trinajstić information content (AvgIpc) is 3.20. The lowest BCUT2D eigenvalue weighted by Crippen LogP contribution is -2.48. The molecule has 0 saturated carbocycles. The summed E-state index contributed by atoms with van der Waals surface area (Å²) in [4.78, 5) is 88.4. The molecule has 0 saturated heterocycles. The number of rotatable bonds is 7. The third-order valence-corrected chi connectivity index (χ3v) is 8.91. The van der Waals surface area contributed by atoms with Crippen LogP contribution in [-0.4, -0.2) is 95.5 Å². The van der Waals surface area contributed by atoms with E-state index in [1.165, 1.54) is 4.90 Å². The number of benzene rings is 3. The number of anilines is 2. The third kappa shape index (κ3) is 18.3. The van der Waals surface area contributed by atoms with Crippen molar-refractivity contribution in [2.75, 3.05) is 30.4 Å². The Bertz CT molecular complexity index is 2330. The number of ether oxygens (including phenoxy) is 4. The summed E-state index contributed by atoms with van der Waals surface area (Å²) in [7, 11) is 1.67. The predicted octanol–water partition coefficient (Wildman–Crippen LogP) is 9.03. The molecule has 360 valence electrons. The number of guanidine groups is 2. The van der Waals surface area contributed by atoms with Crippen molar-refractivity contribution in [2.24, 2.45) is 9.98 Å². The van der Waals surface area contributed by atoms with E-state index in [0.717, 1.165) is 11.1 Å². The summed E-state index contributed by atoms with van der Waals surface area (Å²) in [6.07, 6.45) is -0.639. The monoisotopic (exact) mass is 924 g/mol. The lowest BCUT2D eigenvalue weighted by atomic mass is 9.99. The number of nitrogens with one attached hydrogen (secondary N) is 4. The van der Waals surface area contributed by atoms with E-state index in [2.05, 4.69) is 31.3 Å². The first kappa shape index (κ1) is 52.4. The van der Waals surface area contributed by atoms with Gasteiger partial charge in [0.1, 0.15) is 22.4 Å². The van der Waals surface area contributed by atoms with Crippen molar-refractivity contribution in [3.63, 3.8) is 0 Å². The minimum Gasteiger partial charge on any atom is -0.444 e. The van der Waals surface area contributed by atoms with Gasteiger partial charge in [0.2, 0.25) is 11.9 Å². The quantitative estimate of drug-likeness (QED) is 0.0995. The highest BCUT2D eigenvalue weighted by atomic mass is 16.6. The molecule has 18 heteroatoms. The molecule has 0 aromatic heterocycles. The largest absolute Gasteiger partial charge is 0.444 e. The van der Waals surface area contributed by atoms with Crippen LogP contribution in [0.1, 0.15) is 121 Å². The molecule has 1 aliphatic heterocycles. The SMILES string of the molecule is CN(C(=O)c1ccc(C(=O)Nc2ccc(CN=C(NC(=O)OC(C)(C)C)NC(=O)OC(C)(C)C)cc2)cc1)c1ccc(C2=CCN(C(=NC(=O)OC(C)(C)C)NC(=O)OC(C)(C)C)CC2)cc1. The molecule has 0 atom stereocenters. The summed E-state index contributed by atoms with van der Waals surface area (Å²) in [5.74, 6) is -0.792. The highest BCUT2D eigenvalue weighted by Gasteiger charge is 2.26. The topological polar surface area (TPSA) is 219 Å². The van der Waals surface area contributed by atoms with Gasteiger partial charge in [-0.25, -0.2) is 24.2 Å². The van der Waals surface area contributed by atoms with Crippen LogP contribution >= 0.6 is 0 Å². The fraction of sp³-hybridized carbons (Fsp3) is 0.429. The lowest BCUT2D eigenvalue weighted by molar-refractivity contribution is 0.0528. The smallest absolute Gasteiger partial charge is 0.437 e. The molecule has 6 amide bonds. The molecule has 0 bridgehead atoms. The van der Waals surface area contributed by atoms with E-state index in [1.807, 2.05) is 30.3 Å². The van der Waals surface area contributed by atoms with Gasteiger partial charge in [0.15, 0.2) is 0 Å². The number of aliphatic imine (C=N–C) groups is 2. The fourth-order valence-corrected chi connectivity index (χ4v) is 6.02. The molecule has 18 nitrogen and oxygen atoms in total. The van der Waals surface area contributed by atoms with Crippen LogP contribution in [0.2, 0.25) is 0 Å². The number of hydrogen-bond donors (Lipinski definition) is 4. The summed E-state index contributed by atoms with van der Waals surface area (Å²) < 4.78 is 21.3. The van der Waals surface area contributed by atoms with Crippen molar-refractivity contribution in [1.29, 1.82) is 0 Å². The first-order chi connectivity index (χ1) is 31.0. The Morgan fingerprint density at radius 1 is 0.627 bits per heavy atom. The normalized spacial score (nSPS) is 13.2. The van der Waals surface area contributed by atoms with E-state index in [-0.39, 0.29) is 30.3 Å². The van der Waals surface area contributed by atoms with Crippen molar-refractivity contribution in [3.8, 4) is 0 Å². The van der Waals surface area contributed by atoms with Gasteiger partial charge in [-0.1, -0.05) is 30.3 Å². The minimum absolute atomic E-state index is 0.0251. The Balaban J connectivity index is 1.35. The molecular formula is C49H64N8O10. The maximum atomic E-state index is 13.5. The van der Waals surface area contributed by atoms with Gasteiger partial charge >= 0.3 is 24.4 Å². The molecule has 0 fully saturated rings. The molecule has 67 heavy (non-hydrogen) atoms. The number of alkyl carbamates (subject to hydrolysis) is 3. The maximum absolute atomic E-state index is 13.5. The summed E-state index contributed by atoms with van der Waals surface area (Å²) in [5, 5.41) is 10.3. The molecule has 0 aliphatic carbocycles. The number of hydrogen-bond acceptors (Lipinski definition) is 11. The van der Waals surface area contributed by atoms with Crippen LogP contribution in [0.15, 0.2) is 88.9 Å². The molecule has 0 spiro atoms. The second-order valence-electron chi connectivity index (χ2n) is 19.5. The molecule has 1 heterocycles. The van der Waals surface area contributed by atoms with Crippen LogP contribution in [0, 0.1) is 0 Å².